The van der Waals surface area contributed by atoms with Gasteiger partial charge in [0.05, 0.1) is 10.5 Å². The molecule has 0 aliphatic rings. The van der Waals surface area contributed by atoms with Crippen molar-refractivity contribution in [1.82, 2.24) is 5.32 Å². The monoisotopic (exact) mass is 368 g/mol. The van der Waals surface area contributed by atoms with Gasteiger partial charge in [0.15, 0.2) is 0 Å². The van der Waals surface area contributed by atoms with Gasteiger partial charge in [-0.15, -0.1) is 11.3 Å². The van der Waals surface area contributed by atoms with Crippen molar-refractivity contribution >= 4 is 38.9 Å². The molecule has 1 aromatic carbocycles. The Hall–Kier alpha value is -1.73. The number of amides is 1. The highest BCUT2D eigenvalue weighted by molar-refractivity contribution is 9.10. The molecule has 5 nitrogen and oxygen atoms in total. The molecule has 0 radical (unpaired) electrons. The van der Waals surface area contributed by atoms with Crippen molar-refractivity contribution in [3.05, 3.63) is 60.7 Å². The van der Waals surface area contributed by atoms with Crippen LogP contribution < -0.4 is 5.32 Å². The van der Waals surface area contributed by atoms with E-state index in [1.165, 1.54) is 23.1 Å². The third-order valence-corrected chi connectivity index (χ3v) is 4.46. The summed E-state index contributed by atoms with van der Waals surface area (Å²) in [6.07, 6.45) is 0.732. The van der Waals surface area contributed by atoms with Gasteiger partial charge in [0.1, 0.15) is 0 Å². The van der Waals surface area contributed by atoms with Crippen LogP contribution in [-0.2, 0) is 6.42 Å². The maximum atomic E-state index is 12.2. The molecule has 0 saturated heterocycles. The molecular formula is C14H13BrN2O3S. The Morgan fingerprint density at radius 1 is 1.48 bits per heavy atom. The summed E-state index contributed by atoms with van der Waals surface area (Å²) in [7, 11) is 0. The van der Waals surface area contributed by atoms with Crippen molar-refractivity contribution in [1.29, 1.82) is 0 Å². The first-order chi connectivity index (χ1) is 9.97. The van der Waals surface area contributed by atoms with Crippen molar-refractivity contribution in [3.8, 4) is 0 Å². The number of nitro benzene ring substituents is 1. The molecule has 2 rings (SSSR count). The van der Waals surface area contributed by atoms with Gasteiger partial charge >= 0.3 is 0 Å². The van der Waals surface area contributed by atoms with Crippen molar-refractivity contribution in [3.63, 3.8) is 0 Å². The van der Waals surface area contributed by atoms with E-state index < -0.39 is 4.92 Å². The first-order valence-electron chi connectivity index (χ1n) is 6.24. The Kier molecular flexibility index (Phi) is 5.08. The average Bonchev–Trinajstić information content (AvgIpc) is 2.91. The highest BCUT2D eigenvalue weighted by Gasteiger charge is 2.17. The molecule has 1 atom stereocenters. The first kappa shape index (κ1) is 15.7. The molecule has 110 valence electrons. The van der Waals surface area contributed by atoms with Crippen LogP contribution >= 0.6 is 27.3 Å². The van der Waals surface area contributed by atoms with Gasteiger partial charge in [-0.25, -0.2) is 0 Å². The van der Waals surface area contributed by atoms with Gasteiger partial charge in [0.2, 0.25) is 0 Å². The molecule has 1 aromatic heterocycles. The third kappa shape index (κ3) is 4.12. The van der Waals surface area contributed by atoms with E-state index in [0.717, 1.165) is 6.42 Å². The topological polar surface area (TPSA) is 72.2 Å². The number of hydrogen-bond acceptors (Lipinski definition) is 4. The summed E-state index contributed by atoms with van der Waals surface area (Å²) in [6, 6.07) is 8.06. The summed E-state index contributed by atoms with van der Waals surface area (Å²) in [4.78, 5) is 23.7. The first-order valence-corrected chi connectivity index (χ1v) is 7.92. The van der Waals surface area contributed by atoms with Crippen molar-refractivity contribution in [2.45, 2.75) is 19.4 Å². The lowest BCUT2D eigenvalue weighted by Crippen LogP contribution is -2.34. The van der Waals surface area contributed by atoms with Crippen molar-refractivity contribution in [2.75, 3.05) is 0 Å². The summed E-state index contributed by atoms with van der Waals surface area (Å²) in [5, 5.41) is 15.6. The normalized spacial score (nSPS) is 11.9. The molecule has 7 heteroatoms. The second-order valence-corrected chi connectivity index (χ2v) is 6.47. The van der Waals surface area contributed by atoms with Crippen LogP contribution in [0.2, 0.25) is 0 Å². The molecule has 0 bridgehead atoms. The van der Waals surface area contributed by atoms with E-state index in [1.54, 1.807) is 11.3 Å². The van der Waals surface area contributed by atoms with E-state index in [4.69, 9.17) is 0 Å². The number of benzene rings is 1. The van der Waals surface area contributed by atoms with Crippen LogP contribution in [0.4, 0.5) is 5.69 Å². The van der Waals surface area contributed by atoms with Crippen molar-refractivity contribution < 1.29 is 9.72 Å². The Labute approximate surface area is 134 Å². The molecule has 1 N–H and O–H groups in total. The van der Waals surface area contributed by atoms with Gasteiger partial charge in [0, 0.05) is 33.9 Å². The second kappa shape index (κ2) is 6.82. The maximum absolute atomic E-state index is 12.2. The largest absolute Gasteiger partial charge is 0.349 e. The predicted molar refractivity (Wildman–Crippen MR) is 85.7 cm³/mol. The summed E-state index contributed by atoms with van der Waals surface area (Å²) >= 11 is 4.88. The number of non-ortho nitro benzene ring substituents is 1. The molecule has 0 spiro atoms. The van der Waals surface area contributed by atoms with Crippen LogP contribution in [0.25, 0.3) is 0 Å². The van der Waals surface area contributed by atoms with E-state index in [2.05, 4.69) is 21.2 Å². The van der Waals surface area contributed by atoms with Gasteiger partial charge in [-0.3, -0.25) is 14.9 Å². The molecule has 1 unspecified atom stereocenters. The number of nitrogens with one attached hydrogen (secondary N) is 1. The Morgan fingerprint density at radius 2 is 2.24 bits per heavy atom. The number of halogens is 1. The lowest BCUT2D eigenvalue weighted by atomic mass is 10.1. The minimum absolute atomic E-state index is 0.0534. The Morgan fingerprint density at radius 3 is 2.86 bits per heavy atom. The number of thiophene rings is 1. The summed E-state index contributed by atoms with van der Waals surface area (Å²) < 4.78 is 0.536. The van der Waals surface area contributed by atoms with Crippen LogP contribution in [0, 0.1) is 10.1 Å². The number of hydrogen-bond donors (Lipinski definition) is 1. The van der Waals surface area contributed by atoms with E-state index in [0.29, 0.717) is 4.47 Å². The fourth-order valence-electron chi connectivity index (χ4n) is 1.88. The van der Waals surface area contributed by atoms with Crippen LogP contribution in [0.3, 0.4) is 0 Å². The second-order valence-electron chi connectivity index (χ2n) is 4.58. The van der Waals surface area contributed by atoms with Crippen LogP contribution in [0.1, 0.15) is 22.2 Å². The minimum Gasteiger partial charge on any atom is -0.349 e. The standard InChI is InChI=1S/C14H13BrN2O3S/c1-9(7-11-3-2-6-21-11)16-14(18)12-8-10(17(19)20)4-5-13(12)15/h2-6,8-9H,7H2,1H3,(H,16,18). The molecule has 2 aromatic rings. The number of nitrogens with zero attached hydrogens (tertiary/aromatic N) is 1. The van der Waals surface area contributed by atoms with E-state index >= 15 is 0 Å². The molecule has 21 heavy (non-hydrogen) atoms. The van der Waals surface area contributed by atoms with Crippen molar-refractivity contribution in [2.24, 2.45) is 0 Å². The fraction of sp³-hybridized carbons (Fsp3) is 0.214. The van der Waals surface area contributed by atoms with Crippen LogP contribution in [0.5, 0.6) is 0 Å². The maximum Gasteiger partial charge on any atom is 0.270 e. The van der Waals surface area contributed by atoms with Gasteiger partial charge in [0.25, 0.3) is 11.6 Å². The van der Waals surface area contributed by atoms with Crippen LogP contribution in [0.15, 0.2) is 40.2 Å². The zero-order valence-corrected chi connectivity index (χ0v) is 13.6. The predicted octanol–water partition coefficient (Wildman–Crippen LogP) is 3.78. The quantitative estimate of drug-likeness (QED) is 0.644. The molecule has 1 amide bonds. The third-order valence-electron chi connectivity index (χ3n) is 2.87. The average molecular weight is 369 g/mol. The highest BCUT2D eigenvalue weighted by Crippen LogP contribution is 2.22. The zero-order valence-electron chi connectivity index (χ0n) is 11.2. The molecule has 0 aliphatic heterocycles. The molecular weight excluding hydrogens is 356 g/mol. The summed E-state index contributed by atoms with van der Waals surface area (Å²) in [5.74, 6) is -0.324. The van der Waals surface area contributed by atoms with Gasteiger partial charge < -0.3 is 5.32 Å². The zero-order chi connectivity index (χ0) is 15.4. The van der Waals surface area contributed by atoms with E-state index in [-0.39, 0.29) is 23.2 Å². The Bertz CT molecular complexity index is 658. The molecule has 0 saturated carbocycles. The fourth-order valence-corrected chi connectivity index (χ4v) is 3.15. The van der Waals surface area contributed by atoms with Crippen LogP contribution in [-0.4, -0.2) is 16.9 Å². The molecule has 0 aliphatic carbocycles. The van der Waals surface area contributed by atoms with Gasteiger partial charge in [-0.05, 0) is 40.4 Å². The minimum atomic E-state index is -0.516. The number of rotatable bonds is 5. The molecule has 1 heterocycles. The summed E-state index contributed by atoms with van der Waals surface area (Å²) in [6.45, 7) is 1.91. The highest BCUT2D eigenvalue weighted by atomic mass is 79.9. The smallest absolute Gasteiger partial charge is 0.270 e. The lowest BCUT2D eigenvalue weighted by Gasteiger charge is -2.13. The Balaban J connectivity index is 2.09. The number of nitro groups is 1. The van der Waals surface area contributed by atoms with Gasteiger partial charge in [-0.1, -0.05) is 6.07 Å². The number of carbonyl (C=O) groups is 1. The summed E-state index contributed by atoms with van der Waals surface area (Å²) in [5.41, 5.74) is 0.163. The SMILES string of the molecule is CC(Cc1cccs1)NC(=O)c1cc([N+](=O)[O-])ccc1Br. The molecule has 0 fully saturated rings. The lowest BCUT2D eigenvalue weighted by molar-refractivity contribution is -0.384. The van der Waals surface area contributed by atoms with E-state index in [1.807, 2.05) is 24.4 Å². The van der Waals surface area contributed by atoms with Gasteiger partial charge in [-0.2, -0.15) is 0 Å². The van der Waals surface area contributed by atoms with E-state index in [9.17, 15) is 14.9 Å². The number of carbonyl (C=O) groups excluding carboxylic acids is 1.